The van der Waals surface area contributed by atoms with Gasteiger partial charge in [-0.25, -0.2) is 0 Å². The van der Waals surface area contributed by atoms with Crippen LogP contribution in [0.4, 0.5) is 0 Å². The smallest absolute Gasteiger partial charge is 0.247 e. The Bertz CT molecular complexity index is 335. The molecule has 1 aromatic rings. The van der Waals surface area contributed by atoms with Gasteiger partial charge in [-0.05, 0) is 19.4 Å². The highest BCUT2D eigenvalue weighted by atomic mass is 16.2. The van der Waals surface area contributed by atoms with E-state index in [-0.39, 0.29) is 18.0 Å². The number of hydrogen-bond donors (Lipinski definition) is 1. The highest BCUT2D eigenvalue weighted by Gasteiger charge is 2.27. The van der Waals surface area contributed by atoms with Crippen molar-refractivity contribution in [3.63, 3.8) is 0 Å². The van der Waals surface area contributed by atoms with Crippen LogP contribution < -0.4 is 5.73 Å². The minimum atomic E-state index is -0.231. The molecule has 0 aliphatic carbocycles. The molecule has 0 saturated carbocycles. The largest absolute Gasteiger partial charge is 0.339 e. The number of rotatable bonds is 2. The van der Waals surface area contributed by atoms with Gasteiger partial charge in [-0.2, -0.15) is 5.10 Å². The van der Waals surface area contributed by atoms with Gasteiger partial charge in [-0.1, -0.05) is 0 Å². The Morgan fingerprint density at radius 3 is 3.00 bits per heavy atom. The first-order chi connectivity index (χ1) is 7.18. The van der Waals surface area contributed by atoms with Crippen molar-refractivity contribution in [1.29, 1.82) is 0 Å². The predicted octanol–water partition coefficient (Wildman–Crippen LogP) is 0.00370. The van der Waals surface area contributed by atoms with E-state index in [1.165, 1.54) is 0 Å². The van der Waals surface area contributed by atoms with Gasteiger partial charge in [0.25, 0.3) is 0 Å². The predicted molar refractivity (Wildman–Crippen MR) is 56.1 cm³/mol. The molecular formula is C10H16N4O. The van der Waals surface area contributed by atoms with Gasteiger partial charge < -0.3 is 10.6 Å². The number of carbonyl (C=O) groups excluding carboxylic acids is 1. The molecule has 15 heavy (non-hydrogen) atoms. The van der Waals surface area contributed by atoms with E-state index in [0.717, 1.165) is 13.0 Å². The summed E-state index contributed by atoms with van der Waals surface area (Å²) >= 11 is 0. The van der Waals surface area contributed by atoms with Gasteiger partial charge in [-0.3, -0.25) is 9.48 Å². The third-order valence-electron chi connectivity index (χ3n) is 2.82. The fourth-order valence-electron chi connectivity index (χ4n) is 1.87. The van der Waals surface area contributed by atoms with Crippen LogP contribution in [0, 0.1) is 0 Å². The molecule has 0 radical (unpaired) electrons. The molecule has 1 unspecified atom stereocenters. The Hall–Kier alpha value is -1.36. The summed E-state index contributed by atoms with van der Waals surface area (Å²) in [5, 5.41) is 4.07. The lowest BCUT2D eigenvalue weighted by molar-refractivity contribution is -0.133. The third kappa shape index (κ3) is 2.02. The number of likely N-dealkylation sites (tertiary alicyclic amines) is 1. The Morgan fingerprint density at radius 2 is 2.47 bits per heavy atom. The molecule has 5 nitrogen and oxygen atoms in total. The SMILES string of the molecule is CC(C(=O)N1CC[C@H](N)C1)n1cccn1. The van der Waals surface area contributed by atoms with Crippen molar-refractivity contribution < 1.29 is 4.79 Å². The minimum Gasteiger partial charge on any atom is -0.339 e. The molecule has 1 aliphatic rings. The molecule has 2 N–H and O–H groups in total. The highest BCUT2D eigenvalue weighted by molar-refractivity contribution is 5.80. The van der Waals surface area contributed by atoms with Crippen molar-refractivity contribution in [2.75, 3.05) is 13.1 Å². The van der Waals surface area contributed by atoms with E-state index >= 15 is 0 Å². The molecule has 1 fully saturated rings. The van der Waals surface area contributed by atoms with Crippen LogP contribution in [0.1, 0.15) is 19.4 Å². The van der Waals surface area contributed by atoms with Crippen LogP contribution in [0.3, 0.4) is 0 Å². The Labute approximate surface area is 88.8 Å². The van der Waals surface area contributed by atoms with Gasteiger partial charge in [0.1, 0.15) is 6.04 Å². The molecular weight excluding hydrogens is 192 g/mol. The standard InChI is InChI=1S/C10H16N4O/c1-8(14-5-2-4-12-14)10(15)13-6-3-9(11)7-13/h2,4-5,8-9H,3,6-7,11H2,1H3/t8?,9-/m0/s1. The van der Waals surface area contributed by atoms with E-state index in [2.05, 4.69) is 5.10 Å². The summed E-state index contributed by atoms with van der Waals surface area (Å²) in [5.74, 6) is 0.103. The third-order valence-corrected chi connectivity index (χ3v) is 2.82. The number of aromatic nitrogens is 2. The first-order valence-electron chi connectivity index (χ1n) is 5.22. The fraction of sp³-hybridized carbons (Fsp3) is 0.600. The van der Waals surface area contributed by atoms with Gasteiger partial charge in [0.15, 0.2) is 0 Å². The lowest BCUT2D eigenvalue weighted by atomic mass is 10.3. The second kappa shape index (κ2) is 4.02. The summed E-state index contributed by atoms with van der Waals surface area (Å²) in [6.45, 7) is 3.30. The summed E-state index contributed by atoms with van der Waals surface area (Å²) < 4.78 is 1.67. The van der Waals surface area contributed by atoms with Gasteiger partial charge >= 0.3 is 0 Å². The van der Waals surface area contributed by atoms with Crippen LogP contribution in [0.25, 0.3) is 0 Å². The molecule has 1 amide bonds. The molecule has 0 aromatic carbocycles. The van der Waals surface area contributed by atoms with Gasteiger partial charge in [0, 0.05) is 31.5 Å². The average molecular weight is 208 g/mol. The summed E-state index contributed by atoms with van der Waals surface area (Å²) in [6, 6.07) is 1.73. The van der Waals surface area contributed by atoms with Crippen molar-refractivity contribution >= 4 is 5.91 Å². The molecule has 82 valence electrons. The quantitative estimate of drug-likeness (QED) is 0.744. The van der Waals surface area contributed by atoms with Crippen molar-refractivity contribution in [3.8, 4) is 0 Å². The number of hydrogen-bond acceptors (Lipinski definition) is 3. The first kappa shape index (κ1) is 10.2. The van der Waals surface area contributed by atoms with E-state index < -0.39 is 0 Å². The normalized spacial score (nSPS) is 23.1. The maximum atomic E-state index is 12.0. The monoisotopic (exact) mass is 208 g/mol. The van der Waals surface area contributed by atoms with Crippen LogP contribution in [-0.4, -0.2) is 39.7 Å². The van der Waals surface area contributed by atoms with Crippen molar-refractivity contribution in [1.82, 2.24) is 14.7 Å². The topological polar surface area (TPSA) is 64.2 Å². The number of nitrogens with zero attached hydrogens (tertiary/aromatic N) is 3. The highest BCUT2D eigenvalue weighted by Crippen LogP contribution is 2.14. The molecule has 1 aliphatic heterocycles. The number of amides is 1. The number of nitrogens with two attached hydrogens (primary N) is 1. The maximum Gasteiger partial charge on any atom is 0.247 e. The van der Waals surface area contributed by atoms with Gasteiger partial charge in [0.2, 0.25) is 5.91 Å². The van der Waals surface area contributed by atoms with Crippen molar-refractivity contribution in [3.05, 3.63) is 18.5 Å². The molecule has 2 rings (SSSR count). The van der Waals surface area contributed by atoms with E-state index in [1.807, 2.05) is 17.9 Å². The zero-order valence-electron chi connectivity index (χ0n) is 8.84. The second-order valence-corrected chi connectivity index (χ2v) is 4.00. The van der Waals surface area contributed by atoms with E-state index in [4.69, 9.17) is 5.73 Å². The molecule has 2 heterocycles. The maximum absolute atomic E-state index is 12.0. The van der Waals surface area contributed by atoms with Crippen molar-refractivity contribution in [2.45, 2.75) is 25.4 Å². The van der Waals surface area contributed by atoms with Crippen LogP contribution >= 0.6 is 0 Å². The first-order valence-corrected chi connectivity index (χ1v) is 5.22. The van der Waals surface area contributed by atoms with Crippen LogP contribution in [0.15, 0.2) is 18.5 Å². The molecule has 0 bridgehead atoms. The average Bonchev–Trinajstić information content (AvgIpc) is 2.85. The zero-order valence-corrected chi connectivity index (χ0v) is 8.84. The summed E-state index contributed by atoms with van der Waals surface area (Å²) in [7, 11) is 0. The molecule has 1 aromatic heterocycles. The summed E-state index contributed by atoms with van der Waals surface area (Å²) in [4.78, 5) is 13.8. The molecule has 2 atom stereocenters. The van der Waals surface area contributed by atoms with Crippen molar-refractivity contribution in [2.24, 2.45) is 5.73 Å². The summed E-state index contributed by atoms with van der Waals surface area (Å²) in [6.07, 6.45) is 4.38. The Balaban J connectivity index is 2.02. The fourth-order valence-corrected chi connectivity index (χ4v) is 1.87. The zero-order chi connectivity index (χ0) is 10.8. The molecule has 5 heteroatoms. The van der Waals surface area contributed by atoms with Crippen LogP contribution in [-0.2, 0) is 4.79 Å². The second-order valence-electron chi connectivity index (χ2n) is 4.00. The van der Waals surface area contributed by atoms with E-state index in [1.54, 1.807) is 17.1 Å². The van der Waals surface area contributed by atoms with Crippen LogP contribution in [0.2, 0.25) is 0 Å². The Kier molecular flexibility index (Phi) is 2.73. The van der Waals surface area contributed by atoms with E-state index in [9.17, 15) is 4.79 Å². The van der Waals surface area contributed by atoms with Crippen LogP contribution in [0.5, 0.6) is 0 Å². The summed E-state index contributed by atoms with van der Waals surface area (Å²) in [5.41, 5.74) is 5.77. The van der Waals surface area contributed by atoms with Gasteiger partial charge in [0.05, 0.1) is 0 Å². The lowest BCUT2D eigenvalue weighted by Gasteiger charge is -2.20. The molecule has 1 saturated heterocycles. The minimum absolute atomic E-state index is 0.103. The lowest BCUT2D eigenvalue weighted by Crippen LogP contribution is -2.36. The molecule has 0 spiro atoms. The Morgan fingerprint density at radius 1 is 1.67 bits per heavy atom. The number of carbonyl (C=O) groups is 1. The van der Waals surface area contributed by atoms with Gasteiger partial charge in [-0.15, -0.1) is 0 Å². The van der Waals surface area contributed by atoms with E-state index in [0.29, 0.717) is 6.54 Å².